The lowest BCUT2D eigenvalue weighted by molar-refractivity contribution is 0.395. The Balaban J connectivity index is 1.51. The summed E-state index contributed by atoms with van der Waals surface area (Å²) in [7, 11) is 3.30. The van der Waals surface area contributed by atoms with E-state index in [1.165, 1.54) is 0 Å². The van der Waals surface area contributed by atoms with E-state index in [0.717, 1.165) is 55.9 Å². The van der Waals surface area contributed by atoms with Gasteiger partial charge in [0.25, 0.3) is 0 Å². The van der Waals surface area contributed by atoms with Gasteiger partial charge < -0.3 is 14.0 Å². The highest BCUT2D eigenvalue weighted by Crippen LogP contribution is 2.36. The smallest absolute Gasteiger partial charge is 0.191 e. The molecule has 29 heavy (non-hydrogen) atoms. The number of thiophene rings is 1. The van der Waals surface area contributed by atoms with Crippen LogP contribution in [0, 0.1) is 0 Å². The fraction of sp³-hybridized carbons (Fsp3) is 0.250. The van der Waals surface area contributed by atoms with Crippen molar-refractivity contribution in [1.29, 1.82) is 0 Å². The fourth-order valence-corrected chi connectivity index (χ4v) is 5.45. The highest BCUT2D eigenvalue weighted by Gasteiger charge is 2.16. The van der Waals surface area contributed by atoms with Crippen LogP contribution >= 0.6 is 34.4 Å². The number of methoxy groups -OCH3 is 2. The Morgan fingerprint density at radius 2 is 2.00 bits per heavy atom. The Labute approximate surface area is 181 Å². The van der Waals surface area contributed by atoms with E-state index in [1.54, 1.807) is 48.7 Å². The molecule has 3 aromatic heterocycles. The molecule has 0 saturated carbocycles. The Kier molecular flexibility index (Phi) is 6.17. The first-order valence-corrected chi connectivity index (χ1v) is 11.7. The van der Waals surface area contributed by atoms with E-state index in [2.05, 4.69) is 38.5 Å². The van der Waals surface area contributed by atoms with Gasteiger partial charge in [0.1, 0.15) is 16.5 Å². The van der Waals surface area contributed by atoms with E-state index in [4.69, 9.17) is 14.5 Å². The molecule has 0 aliphatic rings. The molecule has 0 radical (unpaired) electrons. The monoisotopic (exact) mass is 444 g/mol. The van der Waals surface area contributed by atoms with Crippen molar-refractivity contribution in [3.63, 3.8) is 0 Å². The van der Waals surface area contributed by atoms with Crippen molar-refractivity contribution in [2.24, 2.45) is 0 Å². The summed E-state index contributed by atoms with van der Waals surface area (Å²) in [5.74, 6) is 3.17. The topological polar surface area (TPSA) is 62.1 Å². The van der Waals surface area contributed by atoms with E-state index in [-0.39, 0.29) is 0 Å². The fourth-order valence-electron chi connectivity index (χ4n) is 2.88. The molecule has 0 bridgehead atoms. The average molecular weight is 445 g/mol. The average Bonchev–Trinajstić information content (AvgIpc) is 3.51. The van der Waals surface area contributed by atoms with Gasteiger partial charge in [0.15, 0.2) is 11.0 Å². The Morgan fingerprint density at radius 3 is 2.72 bits per heavy atom. The highest BCUT2D eigenvalue weighted by molar-refractivity contribution is 7.98. The zero-order valence-corrected chi connectivity index (χ0v) is 18.7. The van der Waals surface area contributed by atoms with Crippen molar-refractivity contribution in [2.45, 2.75) is 24.4 Å². The van der Waals surface area contributed by atoms with Crippen LogP contribution in [0.25, 0.3) is 21.3 Å². The zero-order valence-electron chi connectivity index (χ0n) is 16.3. The number of thioether (sulfide) groups is 1. The molecular formula is C20H20N4O2S3. The molecule has 4 rings (SSSR count). The largest absolute Gasteiger partial charge is 0.497 e. The third-order valence-corrected chi connectivity index (χ3v) is 7.11. The molecule has 1 aromatic carbocycles. The van der Waals surface area contributed by atoms with Crippen LogP contribution in [0.1, 0.15) is 12.6 Å². The predicted molar refractivity (Wildman–Crippen MR) is 119 cm³/mol. The third-order valence-electron chi connectivity index (χ3n) is 4.31. The number of thiazole rings is 1. The van der Waals surface area contributed by atoms with Gasteiger partial charge in [0, 0.05) is 23.7 Å². The highest BCUT2D eigenvalue weighted by atomic mass is 32.2. The lowest BCUT2D eigenvalue weighted by Crippen LogP contribution is -1.99. The van der Waals surface area contributed by atoms with E-state index in [1.807, 2.05) is 24.3 Å². The minimum atomic E-state index is 0.734. The number of ether oxygens (including phenoxy) is 2. The molecular weight excluding hydrogens is 424 g/mol. The molecule has 0 aliphatic heterocycles. The Morgan fingerprint density at radius 1 is 1.10 bits per heavy atom. The molecule has 0 saturated heterocycles. The first-order chi connectivity index (χ1) is 14.2. The predicted octanol–water partition coefficient (Wildman–Crippen LogP) is 5.46. The molecule has 3 heterocycles. The molecule has 9 heteroatoms. The van der Waals surface area contributed by atoms with Gasteiger partial charge in [-0.3, -0.25) is 0 Å². The summed E-state index contributed by atoms with van der Waals surface area (Å²) in [6, 6.07) is 9.88. The molecule has 0 amide bonds. The number of nitrogens with zero attached hydrogens (tertiary/aromatic N) is 4. The molecule has 0 N–H and O–H groups in total. The third kappa shape index (κ3) is 4.17. The maximum Gasteiger partial charge on any atom is 0.191 e. The Hall–Kier alpha value is -2.36. The standard InChI is InChI=1S/C20H20N4O2S3/c1-4-24-18(17-6-5-9-27-17)22-23-20(24)29-12-13-11-28-19(21-13)15-8-7-14(25-2)10-16(15)26-3/h5-11H,4,12H2,1-3H3. The number of hydrogen-bond donors (Lipinski definition) is 0. The quantitative estimate of drug-likeness (QED) is 0.336. The van der Waals surface area contributed by atoms with E-state index >= 15 is 0 Å². The van der Waals surface area contributed by atoms with Gasteiger partial charge in [-0.25, -0.2) is 4.98 Å². The van der Waals surface area contributed by atoms with Gasteiger partial charge in [-0.2, -0.15) is 0 Å². The van der Waals surface area contributed by atoms with Crippen molar-refractivity contribution >= 4 is 34.4 Å². The lowest BCUT2D eigenvalue weighted by Gasteiger charge is -2.08. The summed E-state index contributed by atoms with van der Waals surface area (Å²) >= 11 is 4.94. The van der Waals surface area contributed by atoms with Gasteiger partial charge in [0.2, 0.25) is 0 Å². The second-order valence-corrected chi connectivity index (χ2v) is 8.77. The Bertz CT molecular complexity index is 1090. The summed E-state index contributed by atoms with van der Waals surface area (Å²) in [6.07, 6.45) is 0. The molecule has 4 aromatic rings. The van der Waals surface area contributed by atoms with Crippen LogP contribution in [0.4, 0.5) is 0 Å². The number of hydrogen-bond acceptors (Lipinski definition) is 8. The van der Waals surface area contributed by atoms with Crippen LogP contribution in [0.15, 0.2) is 46.2 Å². The van der Waals surface area contributed by atoms with Crippen molar-refractivity contribution in [2.75, 3.05) is 14.2 Å². The van der Waals surface area contributed by atoms with Crippen LogP contribution in [0.5, 0.6) is 11.5 Å². The minimum Gasteiger partial charge on any atom is -0.497 e. The van der Waals surface area contributed by atoms with Gasteiger partial charge in [-0.05, 0) is 30.5 Å². The van der Waals surface area contributed by atoms with Gasteiger partial charge >= 0.3 is 0 Å². The second kappa shape index (κ2) is 8.98. The van der Waals surface area contributed by atoms with Crippen LogP contribution in [-0.4, -0.2) is 34.0 Å². The van der Waals surface area contributed by atoms with Gasteiger partial charge in [-0.1, -0.05) is 17.8 Å². The van der Waals surface area contributed by atoms with Crippen LogP contribution in [-0.2, 0) is 12.3 Å². The van der Waals surface area contributed by atoms with Crippen LogP contribution in [0.3, 0.4) is 0 Å². The van der Waals surface area contributed by atoms with Gasteiger partial charge in [-0.15, -0.1) is 32.9 Å². The van der Waals surface area contributed by atoms with Crippen molar-refractivity contribution in [3.05, 3.63) is 46.8 Å². The summed E-state index contributed by atoms with van der Waals surface area (Å²) in [4.78, 5) is 5.93. The minimum absolute atomic E-state index is 0.734. The maximum absolute atomic E-state index is 5.51. The lowest BCUT2D eigenvalue weighted by atomic mass is 10.2. The van der Waals surface area contributed by atoms with E-state index in [9.17, 15) is 0 Å². The van der Waals surface area contributed by atoms with Crippen molar-refractivity contribution in [3.8, 4) is 32.8 Å². The number of aromatic nitrogens is 4. The summed E-state index contributed by atoms with van der Waals surface area (Å²) in [6.45, 7) is 2.94. The number of benzene rings is 1. The molecule has 150 valence electrons. The number of rotatable bonds is 8. The van der Waals surface area contributed by atoms with Gasteiger partial charge in [0.05, 0.1) is 30.4 Å². The molecule has 6 nitrogen and oxygen atoms in total. The summed E-state index contributed by atoms with van der Waals surface area (Å²) in [5, 5.41) is 14.8. The van der Waals surface area contributed by atoms with Crippen molar-refractivity contribution < 1.29 is 9.47 Å². The molecule has 0 spiro atoms. The maximum atomic E-state index is 5.51. The van der Waals surface area contributed by atoms with E-state index in [0.29, 0.717) is 0 Å². The SMILES string of the molecule is CCn1c(SCc2csc(-c3ccc(OC)cc3OC)n2)nnc1-c1cccs1. The summed E-state index contributed by atoms with van der Waals surface area (Å²) in [5.41, 5.74) is 1.97. The molecule has 0 unspecified atom stereocenters. The normalized spacial score (nSPS) is 11.0. The van der Waals surface area contributed by atoms with Crippen LogP contribution < -0.4 is 9.47 Å². The first-order valence-electron chi connectivity index (χ1n) is 9.00. The van der Waals surface area contributed by atoms with Crippen LogP contribution in [0.2, 0.25) is 0 Å². The van der Waals surface area contributed by atoms with Crippen molar-refractivity contribution in [1.82, 2.24) is 19.7 Å². The van der Waals surface area contributed by atoms with E-state index < -0.39 is 0 Å². The molecule has 0 fully saturated rings. The second-order valence-electron chi connectivity index (χ2n) is 6.03. The molecule has 0 atom stereocenters. The summed E-state index contributed by atoms with van der Waals surface area (Å²) < 4.78 is 12.9. The first kappa shape index (κ1) is 19.9. The molecule has 0 aliphatic carbocycles. The zero-order chi connectivity index (χ0) is 20.2.